The van der Waals surface area contributed by atoms with Crippen LogP contribution in [0.3, 0.4) is 0 Å². The zero-order valence-electron chi connectivity index (χ0n) is 17.0. The summed E-state index contributed by atoms with van der Waals surface area (Å²) in [5.41, 5.74) is 0.259. The average molecular weight is 427 g/mol. The van der Waals surface area contributed by atoms with Gasteiger partial charge in [0.05, 0.1) is 23.2 Å². The lowest BCUT2D eigenvalue weighted by atomic mass is 9.86. The molecule has 2 aromatic heterocycles. The van der Waals surface area contributed by atoms with Gasteiger partial charge in [-0.25, -0.2) is 24.9 Å². The second kappa shape index (κ2) is 7.98. The molecule has 0 fully saturated rings. The second-order valence-corrected chi connectivity index (χ2v) is 7.21. The van der Waals surface area contributed by atoms with Crippen molar-refractivity contribution in [3.8, 4) is 36.4 Å². The summed E-state index contributed by atoms with van der Waals surface area (Å²) >= 11 is 0. The van der Waals surface area contributed by atoms with Gasteiger partial charge in [-0.2, -0.15) is 31.6 Å². The molecule has 0 spiro atoms. The molecule has 0 saturated carbocycles. The van der Waals surface area contributed by atoms with Crippen LogP contribution in [0.4, 0.5) is 5.69 Å². The van der Waals surface area contributed by atoms with Crippen molar-refractivity contribution in [3.05, 3.63) is 28.3 Å². The lowest BCUT2D eigenvalue weighted by molar-refractivity contribution is 0.604. The Kier molecular flexibility index (Phi) is 5.02. The van der Waals surface area contributed by atoms with E-state index in [0.29, 0.717) is 18.4 Å². The molecule has 0 saturated heterocycles. The van der Waals surface area contributed by atoms with Gasteiger partial charge in [0, 0.05) is 5.56 Å². The maximum Gasteiger partial charge on any atom is 0.177 e. The Morgan fingerprint density at radius 3 is 1.61 bits per heavy atom. The first-order valence-corrected chi connectivity index (χ1v) is 9.59. The molecule has 1 aliphatic heterocycles. The van der Waals surface area contributed by atoms with E-state index >= 15 is 0 Å². The highest BCUT2D eigenvalue weighted by Crippen LogP contribution is 2.43. The minimum atomic E-state index is -0.736. The van der Waals surface area contributed by atoms with Crippen LogP contribution in [-0.4, -0.2) is 25.6 Å². The standard InChI is InChI=1S/C22H9N11/c1-10-2-3-11(4-23)12(5-24)29-18-17(10)19-21(31-14(7-26)13(6-25)30-19)22-20(18)32-15(8-27)16(9-28)33-22/h10-11H,2-3H2,1H3. The number of aromatic nitrogens is 4. The first-order chi connectivity index (χ1) is 16.0. The van der Waals surface area contributed by atoms with Crippen LogP contribution in [0.2, 0.25) is 0 Å². The molecule has 11 nitrogen and oxygen atoms in total. The van der Waals surface area contributed by atoms with E-state index in [9.17, 15) is 31.6 Å². The van der Waals surface area contributed by atoms with E-state index in [1.165, 1.54) is 0 Å². The van der Waals surface area contributed by atoms with Crippen LogP contribution in [0, 0.1) is 73.9 Å². The fourth-order valence-corrected chi connectivity index (χ4v) is 3.81. The van der Waals surface area contributed by atoms with E-state index in [1.54, 1.807) is 0 Å². The third-order valence-electron chi connectivity index (χ3n) is 5.39. The summed E-state index contributed by atoms with van der Waals surface area (Å²) in [6.07, 6.45) is 0.866. The summed E-state index contributed by atoms with van der Waals surface area (Å²) in [6.45, 7) is 1.87. The number of aliphatic imine (C=N–C) groups is 1. The van der Waals surface area contributed by atoms with E-state index < -0.39 is 5.92 Å². The predicted molar refractivity (Wildman–Crippen MR) is 111 cm³/mol. The lowest BCUT2D eigenvalue weighted by Gasteiger charge is -2.22. The fraction of sp³-hybridized carbons (Fsp3) is 0.227. The predicted octanol–water partition coefficient (Wildman–Crippen LogP) is 2.69. The quantitative estimate of drug-likeness (QED) is 0.479. The molecule has 0 amide bonds. The topological polar surface area (TPSA) is 207 Å². The molecule has 4 rings (SSSR count). The van der Waals surface area contributed by atoms with E-state index in [1.807, 2.05) is 37.3 Å². The Labute approximate surface area is 186 Å². The molecular formula is C22H9N11. The van der Waals surface area contributed by atoms with Gasteiger partial charge in [0.15, 0.2) is 22.8 Å². The third-order valence-corrected chi connectivity index (χ3v) is 5.39. The number of rotatable bonds is 0. The summed E-state index contributed by atoms with van der Waals surface area (Å²) < 4.78 is 0. The van der Waals surface area contributed by atoms with Gasteiger partial charge in [0.2, 0.25) is 0 Å². The monoisotopic (exact) mass is 427 g/mol. The number of nitriles is 6. The maximum absolute atomic E-state index is 9.65. The van der Waals surface area contributed by atoms with Crippen LogP contribution in [-0.2, 0) is 0 Å². The highest BCUT2D eigenvalue weighted by molar-refractivity contribution is 6.12. The van der Waals surface area contributed by atoms with Crippen LogP contribution in [0.5, 0.6) is 0 Å². The minimum Gasteiger partial charge on any atom is -0.238 e. The van der Waals surface area contributed by atoms with E-state index in [0.717, 1.165) is 0 Å². The smallest absolute Gasteiger partial charge is 0.177 e. The Morgan fingerprint density at radius 1 is 0.636 bits per heavy atom. The Balaban J connectivity index is 2.34. The zero-order chi connectivity index (χ0) is 23.7. The van der Waals surface area contributed by atoms with Crippen LogP contribution >= 0.6 is 0 Å². The highest BCUT2D eigenvalue weighted by Gasteiger charge is 2.29. The molecule has 1 aliphatic rings. The van der Waals surface area contributed by atoms with Crippen LogP contribution in [0.1, 0.15) is 54.0 Å². The normalized spacial score (nSPS) is 17.0. The van der Waals surface area contributed by atoms with Gasteiger partial charge in [-0.05, 0) is 18.8 Å². The molecule has 2 atom stereocenters. The molecule has 152 valence electrons. The van der Waals surface area contributed by atoms with Gasteiger partial charge in [-0.3, -0.25) is 0 Å². The van der Waals surface area contributed by atoms with E-state index in [4.69, 9.17) is 0 Å². The van der Waals surface area contributed by atoms with Gasteiger partial charge < -0.3 is 0 Å². The van der Waals surface area contributed by atoms with Crippen LogP contribution < -0.4 is 0 Å². The van der Waals surface area contributed by atoms with Gasteiger partial charge >= 0.3 is 0 Å². The van der Waals surface area contributed by atoms with Gasteiger partial charge in [-0.15, -0.1) is 0 Å². The summed E-state index contributed by atoms with van der Waals surface area (Å²) in [4.78, 5) is 21.6. The Bertz CT molecular complexity index is 1660. The lowest BCUT2D eigenvalue weighted by Crippen LogP contribution is -2.15. The van der Waals surface area contributed by atoms with Crippen molar-refractivity contribution in [1.82, 2.24) is 19.9 Å². The van der Waals surface area contributed by atoms with E-state index in [-0.39, 0.29) is 62.2 Å². The SMILES string of the molecule is CC1CCC(C#N)C(C#N)=Nc2c1c1nc(C#N)c(C#N)nc1c1nc(C#N)c(C#N)nc21. The molecule has 11 heteroatoms. The summed E-state index contributed by atoms with van der Waals surface area (Å²) in [6, 6.07) is 11.4. The molecule has 2 unspecified atom stereocenters. The first kappa shape index (κ1) is 20.8. The first-order valence-electron chi connectivity index (χ1n) is 9.59. The van der Waals surface area contributed by atoms with Crippen molar-refractivity contribution in [2.45, 2.75) is 25.7 Å². The van der Waals surface area contributed by atoms with Crippen LogP contribution in [0.15, 0.2) is 4.99 Å². The molecule has 3 aromatic rings. The van der Waals surface area contributed by atoms with Crippen molar-refractivity contribution in [3.63, 3.8) is 0 Å². The Morgan fingerprint density at radius 2 is 1.12 bits per heavy atom. The van der Waals surface area contributed by atoms with E-state index in [2.05, 4.69) is 31.0 Å². The average Bonchev–Trinajstić information content (AvgIpc) is 2.84. The number of benzene rings is 1. The fourth-order valence-electron chi connectivity index (χ4n) is 3.81. The molecule has 0 radical (unpaired) electrons. The minimum absolute atomic E-state index is 0.0296. The number of hydrogen-bond acceptors (Lipinski definition) is 11. The number of fused-ring (bicyclic) bond motifs is 6. The van der Waals surface area contributed by atoms with Crippen molar-refractivity contribution in [2.75, 3.05) is 0 Å². The van der Waals surface area contributed by atoms with Crippen molar-refractivity contribution in [2.24, 2.45) is 10.9 Å². The summed E-state index contributed by atoms with van der Waals surface area (Å²) in [5.74, 6) is -0.983. The molecule has 1 aromatic carbocycles. The summed E-state index contributed by atoms with van der Waals surface area (Å²) in [7, 11) is 0. The molecule has 0 N–H and O–H groups in total. The van der Waals surface area contributed by atoms with Crippen LogP contribution in [0.25, 0.3) is 22.1 Å². The molecule has 0 bridgehead atoms. The summed E-state index contributed by atoms with van der Waals surface area (Å²) in [5, 5.41) is 57.0. The zero-order valence-corrected chi connectivity index (χ0v) is 17.0. The largest absolute Gasteiger partial charge is 0.238 e. The molecule has 33 heavy (non-hydrogen) atoms. The molecule has 0 aliphatic carbocycles. The molecule has 3 heterocycles. The van der Waals surface area contributed by atoms with Crippen molar-refractivity contribution >= 4 is 33.5 Å². The van der Waals surface area contributed by atoms with Gasteiger partial charge in [0.25, 0.3) is 0 Å². The van der Waals surface area contributed by atoms with Crippen molar-refractivity contribution < 1.29 is 0 Å². The number of hydrogen-bond donors (Lipinski definition) is 0. The number of nitrogens with zero attached hydrogens (tertiary/aromatic N) is 11. The molecular weight excluding hydrogens is 418 g/mol. The Hall–Kier alpha value is -5.49. The van der Waals surface area contributed by atoms with Gasteiger partial charge in [-0.1, -0.05) is 6.92 Å². The maximum atomic E-state index is 9.65. The van der Waals surface area contributed by atoms with Gasteiger partial charge in [0.1, 0.15) is 52.6 Å². The highest BCUT2D eigenvalue weighted by atomic mass is 14.9. The van der Waals surface area contributed by atoms with Crippen molar-refractivity contribution in [1.29, 1.82) is 31.6 Å². The second-order valence-electron chi connectivity index (χ2n) is 7.21. The third kappa shape index (κ3) is 3.11.